The van der Waals surface area contributed by atoms with Gasteiger partial charge in [-0.05, 0) is 48.4 Å². The fraction of sp³-hybridized carbons (Fsp3) is 0.294. The Morgan fingerprint density at radius 3 is 2.80 bits per heavy atom. The lowest BCUT2D eigenvalue weighted by Crippen LogP contribution is -2.25. The van der Waals surface area contributed by atoms with Gasteiger partial charge in [0.05, 0.1) is 16.9 Å². The third-order valence-corrected chi connectivity index (χ3v) is 5.14. The molecule has 1 aromatic carbocycles. The van der Waals surface area contributed by atoms with E-state index in [4.69, 9.17) is 28.9 Å². The first kappa shape index (κ1) is 20.3. The summed E-state index contributed by atoms with van der Waals surface area (Å²) >= 11 is 12.0. The molecule has 0 spiro atoms. The number of nitrogen functional groups attached to an aromatic ring is 1. The third kappa shape index (κ3) is 4.27. The number of carbonyl (C=O) groups is 1. The van der Waals surface area contributed by atoms with Gasteiger partial charge in [-0.2, -0.15) is 9.78 Å². The van der Waals surface area contributed by atoms with E-state index in [1.54, 1.807) is 18.2 Å². The Morgan fingerprint density at radius 1 is 1.30 bits per heavy atom. The molecule has 13 heteroatoms. The Labute approximate surface area is 180 Å². The third-order valence-electron chi connectivity index (χ3n) is 4.58. The summed E-state index contributed by atoms with van der Waals surface area (Å²) in [5.41, 5.74) is 9.44. The second-order valence-corrected chi connectivity index (χ2v) is 7.46. The van der Waals surface area contributed by atoms with E-state index in [1.165, 1.54) is 10.9 Å². The Kier molecular flexibility index (Phi) is 5.93. The van der Waals surface area contributed by atoms with E-state index in [1.807, 2.05) is 0 Å². The van der Waals surface area contributed by atoms with Crippen molar-refractivity contribution >= 4 is 41.1 Å². The summed E-state index contributed by atoms with van der Waals surface area (Å²) in [6, 6.07) is 4.95. The van der Waals surface area contributed by atoms with Crippen LogP contribution in [0, 0.1) is 0 Å². The minimum atomic E-state index is -0.535. The zero-order chi connectivity index (χ0) is 21.1. The van der Waals surface area contributed by atoms with Gasteiger partial charge in [0.15, 0.2) is 5.69 Å². The van der Waals surface area contributed by atoms with E-state index in [2.05, 4.69) is 40.7 Å². The average Bonchev–Trinajstić information content (AvgIpc) is 3.45. The molecule has 11 nitrogen and oxygen atoms in total. The van der Waals surface area contributed by atoms with Crippen molar-refractivity contribution < 1.29 is 9.42 Å². The van der Waals surface area contributed by atoms with Crippen molar-refractivity contribution in [2.45, 2.75) is 19.4 Å². The van der Waals surface area contributed by atoms with Crippen LogP contribution in [0.25, 0.3) is 5.82 Å². The molecule has 0 bridgehead atoms. The summed E-state index contributed by atoms with van der Waals surface area (Å²) in [5.74, 6) is -0.316. The zero-order valence-corrected chi connectivity index (χ0v) is 17.1. The number of rotatable bonds is 6. The number of anilines is 1. The van der Waals surface area contributed by atoms with Crippen molar-refractivity contribution in [3.8, 4) is 5.82 Å². The van der Waals surface area contributed by atoms with E-state index in [0.717, 1.165) is 25.9 Å². The van der Waals surface area contributed by atoms with Crippen LogP contribution in [-0.2, 0) is 6.54 Å². The van der Waals surface area contributed by atoms with E-state index in [-0.39, 0.29) is 17.3 Å². The largest absolute Gasteiger partial charge is 0.378 e. The highest BCUT2D eigenvalue weighted by Crippen LogP contribution is 2.21. The van der Waals surface area contributed by atoms with E-state index in [9.17, 15) is 4.79 Å². The maximum Gasteiger partial charge on any atom is 0.293 e. The number of amides is 1. The molecule has 1 amide bonds. The lowest BCUT2D eigenvalue weighted by atomic mass is 10.2. The molecule has 1 saturated heterocycles. The zero-order valence-electron chi connectivity index (χ0n) is 15.6. The quantitative estimate of drug-likeness (QED) is 0.429. The van der Waals surface area contributed by atoms with Gasteiger partial charge < -0.3 is 5.73 Å². The van der Waals surface area contributed by atoms with Crippen molar-refractivity contribution in [3.63, 3.8) is 0 Å². The van der Waals surface area contributed by atoms with Crippen LogP contribution < -0.4 is 11.2 Å². The molecule has 3 aromatic rings. The van der Waals surface area contributed by atoms with Crippen molar-refractivity contribution in [2.24, 2.45) is 5.10 Å². The molecule has 1 fully saturated rings. The first-order chi connectivity index (χ1) is 14.5. The van der Waals surface area contributed by atoms with E-state index in [0.29, 0.717) is 27.8 Å². The maximum atomic E-state index is 12.7. The van der Waals surface area contributed by atoms with Gasteiger partial charge in [0.25, 0.3) is 5.91 Å². The number of aromatic nitrogens is 5. The number of hydrazone groups is 1. The Balaban J connectivity index is 1.57. The number of nitrogens with zero attached hydrogens (tertiary/aromatic N) is 7. The van der Waals surface area contributed by atoms with Crippen LogP contribution in [0.3, 0.4) is 0 Å². The van der Waals surface area contributed by atoms with Crippen LogP contribution in [0.1, 0.15) is 34.6 Å². The first-order valence-electron chi connectivity index (χ1n) is 9.06. The summed E-state index contributed by atoms with van der Waals surface area (Å²) in [6.45, 7) is 2.26. The normalized spacial score (nSPS) is 14.6. The predicted molar refractivity (Wildman–Crippen MR) is 110 cm³/mol. The highest BCUT2D eigenvalue weighted by molar-refractivity contribution is 6.36. The molecule has 1 aliphatic rings. The van der Waals surface area contributed by atoms with Crippen LogP contribution >= 0.6 is 23.2 Å². The highest BCUT2D eigenvalue weighted by atomic mass is 35.5. The smallest absolute Gasteiger partial charge is 0.293 e. The topological polar surface area (TPSA) is 140 Å². The molecule has 3 heterocycles. The molecular weight excluding hydrogens is 433 g/mol. The Bertz CT molecular complexity index is 1090. The number of likely N-dealkylation sites (tertiary alicyclic amines) is 1. The number of carbonyl (C=O) groups excluding carboxylic acids is 1. The minimum Gasteiger partial charge on any atom is -0.378 e. The number of nitrogens with one attached hydrogen (secondary N) is 1. The monoisotopic (exact) mass is 449 g/mol. The van der Waals surface area contributed by atoms with Crippen LogP contribution in [0.4, 0.5) is 5.82 Å². The SMILES string of the molecule is Nc1nonc1-n1nnc(C(=O)NN=Cc2ccc(Cl)cc2Cl)c1CN1CCCC1. The summed E-state index contributed by atoms with van der Waals surface area (Å²) in [6.07, 6.45) is 3.59. The predicted octanol–water partition coefficient (Wildman–Crippen LogP) is 1.90. The van der Waals surface area contributed by atoms with Gasteiger partial charge in [-0.3, -0.25) is 9.69 Å². The molecule has 0 unspecified atom stereocenters. The Morgan fingerprint density at radius 2 is 2.10 bits per heavy atom. The van der Waals surface area contributed by atoms with E-state index < -0.39 is 5.91 Å². The molecule has 0 atom stereocenters. The van der Waals surface area contributed by atoms with Gasteiger partial charge >= 0.3 is 0 Å². The van der Waals surface area contributed by atoms with Gasteiger partial charge in [-0.1, -0.05) is 34.5 Å². The number of halogens is 2. The van der Waals surface area contributed by atoms with Crippen molar-refractivity contribution in [3.05, 3.63) is 45.2 Å². The van der Waals surface area contributed by atoms with Gasteiger partial charge in [0.1, 0.15) is 0 Å². The molecular formula is C17H17Cl2N9O2. The highest BCUT2D eigenvalue weighted by Gasteiger charge is 2.26. The lowest BCUT2D eigenvalue weighted by Gasteiger charge is -2.15. The van der Waals surface area contributed by atoms with Gasteiger partial charge in [-0.25, -0.2) is 10.1 Å². The van der Waals surface area contributed by atoms with Crippen LogP contribution in [0.15, 0.2) is 27.9 Å². The number of hydrogen-bond acceptors (Lipinski definition) is 9. The van der Waals surface area contributed by atoms with E-state index >= 15 is 0 Å². The molecule has 2 aromatic heterocycles. The number of hydrogen-bond donors (Lipinski definition) is 2. The van der Waals surface area contributed by atoms with Gasteiger partial charge in [-0.15, -0.1) is 5.10 Å². The standard InChI is InChI=1S/C17H17Cl2N9O2/c18-11-4-3-10(12(19)7-11)8-21-23-17(29)14-13(9-27-5-1-2-6-27)28(26-22-14)16-15(20)24-30-25-16/h3-4,7-8H,1-2,5-6,9H2,(H2,20,24)(H,23,29). The fourth-order valence-corrected chi connectivity index (χ4v) is 3.56. The second-order valence-electron chi connectivity index (χ2n) is 6.62. The summed E-state index contributed by atoms with van der Waals surface area (Å²) in [4.78, 5) is 14.9. The molecule has 1 aliphatic heterocycles. The average molecular weight is 450 g/mol. The molecule has 4 rings (SSSR count). The lowest BCUT2D eigenvalue weighted by molar-refractivity contribution is 0.0948. The van der Waals surface area contributed by atoms with Gasteiger partial charge in [0.2, 0.25) is 11.6 Å². The number of nitrogens with two attached hydrogens (primary N) is 1. The molecule has 0 radical (unpaired) electrons. The molecule has 0 aliphatic carbocycles. The van der Waals surface area contributed by atoms with Crippen LogP contribution in [-0.4, -0.2) is 55.4 Å². The second kappa shape index (κ2) is 8.78. The molecule has 3 N–H and O–H groups in total. The number of benzene rings is 1. The van der Waals surface area contributed by atoms with Crippen molar-refractivity contribution in [1.82, 2.24) is 35.6 Å². The van der Waals surface area contributed by atoms with Crippen molar-refractivity contribution in [2.75, 3.05) is 18.8 Å². The van der Waals surface area contributed by atoms with Crippen LogP contribution in [0.5, 0.6) is 0 Å². The van der Waals surface area contributed by atoms with Crippen molar-refractivity contribution in [1.29, 1.82) is 0 Å². The Hall–Kier alpha value is -3.02. The van der Waals surface area contributed by atoms with Crippen LogP contribution in [0.2, 0.25) is 10.0 Å². The molecule has 156 valence electrons. The fourth-order valence-electron chi connectivity index (χ4n) is 3.10. The summed E-state index contributed by atoms with van der Waals surface area (Å²) in [7, 11) is 0. The first-order valence-corrected chi connectivity index (χ1v) is 9.82. The summed E-state index contributed by atoms with van der Waals surface area (Å²) in [5, 5.41) is 20.2. The van der Waals surface area contributed by atoms with Gasteiger partial charge in [0, 0.05) is 17.1 Å². The minimum absolute atomic E-state index is 0.0462. The maximum absolute atomic E-state index is 12.7. The molecule has 30 heavy (non-hydrogen) atoms. The summed E-state index contributed by atoms with van der Waals surface area (Å²) < 4.78 is 6.01. The molecule has 0 saturated carbocycles.